The Hall–Kier alpha value is -4.24. The van der Waals surface area contributed by atoms with Crippen molar-refractivity contribution in [1.29, 1.82) is 0 Å². The van der Waals surface area contributed by atoms with E-state index in [-0.39, 0.29) is 23.7 Å². The molecule has 178 valence electrons. The smallest absolute Gasteiger partial charge is 0.346 e. The molecule has 10 heteroatoms. The van der Waals surface area contributed by atoms with Crippen molar-refractivity contribution >= 4 is 41.0 Å². The van der Waals surface area contributed by atoms with Crippen molar-refractivity contribution in [2.45, 2.75) is 20.8 Å². The minimum atomic E-state index is -0.665. The molecule has 4 aromatic rings. The first kappa shape index (κ1) is 23.9. The number of hydrogen-bond donors (Lipinski definition) is 2. The standard InChI is InChI=1S/C25H22ClN5O4/c1-4-34-24(33)20-21(16-5-9-18(26)10-6-16)31-35-23(20)30-22(32)17-7-11-19(12-8-17)29-25-27-14(2)13-15(3)28-25/h5-13H,4H2,1-3H3,(H,30,32)(H,27,28,29). The summed E-state index contributed by atoms with van der Waals surface area (Å²) in [6.45, 7) is 5.61. The number of aromatic nitrogens is 3. The molecular formula is C25H22ClN5O4. The third-order valence-corrected chi connectivity index (χ3v) is 5.15. The van der Waals surface area contributed by atoms with E-state index in [9.17, 15) is 9.59 Å². The molecule has 0 aliphatic heterocycles. The van der Waals surface area contributed by atoms with E-state index in [1.165, 1.54) is 0 Å². The predicted molar refractivity (Wildman–Crippen MR) is 132 cm³/mol. The molecule has 4 rings (SSSR count). The Bertz CT molecular complexity index is 1350. The average Bonchev–Trinajstić information content (AvgIpc) is 3.23. The molecule has 2 N–H and O–H groups in total. The van der Waals surface area contributed by atoms with E-state index in [4.69, 9.17) is 20.9 Å². The lowest BCUT2D eigenvalue weighted by Crippen LogP contribution is -2.15. The van der Waals surface area contributed by atoms with Gasteiger partial charge in [-0.2, -0.15) is 0 Å². The second-order valence-corrected chi connectivity index (χ2v) is 8.03. The zero-order chi connectivity index (χ0) is 24.9. The molecule has 0 aliphatic carbocycles. The summed E-state index contributed by atoms with van der Waals surface area (Å²) in [5.74, 6) is -0.787. The van der Waals surface area contributed by atoms with E-state index >= 15 is 0 Å². The van der Waals surface area contributed by atoms with Crippen LogP contribution in [-0.2, 0) is 4.74 Å². The summed E-state index contributed by atoms with van der Waals surface area (Å²) in [5, 5.41) is 10.2. The zero-order valence-electron chi connectivity index (χ0n) is 19.3. The average molecular weight is 492 g/mol. The number of benzene rings is 2. The predicted octanol–water partition coefficient (Wildman–Crippen LogP) is 5.57. The molecule has 0 unspecified atom stereocenters. The molecule has 2 heterocycles. The molecule has 0 bridgehead atoms. The Morgan fingerprint density at radius 2 is 1.66 bits per heavy atom. The molecular weight excluding hydrogens is 470 g/mol. The number of esters is 1. The first-order valence-electron chi connectivity index (χ1n) is 10.8. The number of anilines is 3. The Kier molecular flexibility index (Phi) is 7.07. The highest BCUT2D eigenvalue weighted by molar-refractivity contribution is 6.30. The molecule has 2 aromatic carbocycles. The van der Waals surface area contributed by atoms with Crippen LogP contribution in [0.2, 0.25) is 5.02 Å². The van der Waals surface area contributed by atoms with Gasteiger partial charge in [0.05, 0.1) is 6.61 Å². The number of halogens is 1. The number of nitrogens with one attached hydrogen (secondary N) is 2. The van der Waals surface area contributed by atoms with Crippen molar-refractivity contribution < 1.29 is 18.8 Å². The molecule has 0 fully saturated rings. The zero-order valence-corrected chi connectivity index (χ0v) is 20.0. The quantitative estimate of drug-likeness (QED) is 0.322. The van der Waals surface area contributed by atoms with Crippen LogP contribution >= 0.6 is 11.6 Å². The van der Waals surface area contributed by atoms with E-state index in [0.717, 1.165) is 11.4 Å². The van der Waals surface area contributed by atoms with Crippen LogP contribution in [0, 0.1) is 13.8 Å². The minimum absolute atomic E-state index is 0.0211. The lowest BCUT2D eigenvalue weighted by molar-refractivity contribution is 0.0528. The molecule has 0 radical (unpaired) electrons. The molecule has 9 nitrogen and oxygen atoms in total. The van der Waals surface area contributed by atoms with Gasteiger partial charge >= 0.3 is 5.97 Å². The van der Waals surface area contributed by atoms with Gasteiger partial charge in [-0.15, -0.1) is 0 Å². The van der Waals surface area contributed by atoms with Crippen molar-refractivity contribution in [2.75, 3.05) is 17.2 Å². The van der Waals surface area contributed by atoms with E-state index < -0.39 is 11.9 Å². The maximum absolute atomic E-state index is 12.9. The number of carbonyl (C=O) groups excluding carboxylic acids is 2. The molecule has 0 atom stereocenters. The van der Waals surface area contributed by atoms with Crippen LogP contribution in [0.5, 0.6) is 0 Å². The molecule has 35 heavy (non-hydrogen) atoms. The van der Waals surface area contributed by atoms with E-state index in [0.29, 0.717) is 27.8 Å². The van der Waals surface area contributed by atoms with E-state index in [2.05, 4.69) is 25.8 Å². The fourth-order valence-corrected chi connectivity index (χ4v) is 3.49. The highest BCUT2D eigenvalue weighted by Crippen LogP contribution is 2.31. The lowest BCUT2D eigenvalue weighted by Gasteiger charge is -2.08. The minimum Gasteiger partial charge on any atom is -0.462 e. The number of nitrogens with zero attached hydrogens (tertiary/aromatic N) is 3. The van der Waals surface area contributed by atoms with E-state index in [1.807, 2.05) is 19.9 Å². The van der Waals surface area contributed by atoms with Crippen LogP contribution in [0.3, 0.4) is 0 Å². The summed E-state index contributed by atoms with van der Waals surface area (Å²) in [4.78, 5) is 34.2. The number of ether oxygens (including phenoxy) is 1. The van der Waals surface area contributed by atoms with Crippen LogP contribution in [0.4, 0.5) is 17.5 Å². The van der Waals surface area contributed by atoms with Gasteiger partial charge in [0.25, 0.3) is 5.91 Å². The maximum atomic E-state index is 12.9. The summed E-state index contributed by atoms with van der Waals surface area (Å²) < 4.78 is 10.5. The molecule has 0 aliphatic rings. The largest absolute Gasteiger partial charge is 0.462 e. The number of rotatable bonds is 7. The number of hydrogen-bond acceptors (Lipinski definition) is 8. The highest BCUT2D eigenvalue weighted by Gasteiger charge is 2.27. The summed E-state index contributed by atoms with van der Waals surface area (Å²) in [6, 6.07) is 15.3. The van der Waals surface area contributed by atoms with Crippen LogP contribution in [0.15, 0.2) is 59.1 Å². The van der Waals surface area contributed by atoms with Gasteiger partial charge in [-0.25, -0.2) is 14.8 Å². The van der Waals surface area contributed by atoms with Gasteiger partial charge in [-0.05, 0) is 63.2 Å². The fourth-order valence-electron chi connectivity index (χ4n) is 3.36. The first-order chi connectivity index (χ1) is 16.8. The Morgan fingerprint density at radius 3 is 2.29 bits per heavy atom. The second kappa shape index (κ2) is 10.4. The normalized spacial score (nSPS) is 10.6. The number of carbonyl (C=O) groups is 2. The second-order valence-electron chi connectivity index (χ2n) is 7.59. The summed E-state index contributed by atoms with van der Waals surface area (Å²) in [7, 11) is 0. The first-order valence-corrected chi connectivity index (χ1v) is 11.1. The Labute approximate surface area is 206 Å². The van der Waals surface area contributed by atoms with Crippen LogP contribution in [-0.4, -0.2) is 33.6 Å². The SMILES string of the molecule is CCOC(=O)c1c(-c2ccc(Cl)cc2)noc1NC(=O)c1ccc(Nc2nc(C)cc(C)n2)cc1. The topological polar surface area (TPSA) is 119 Å². The Morgan fingerprint density at radius 1 is 1.00 bits per heavy atom. The van der Waals surface area contributed by atoms with Crippen LogP contribution < -0.4 is 10.6 Å². The van der Waals surface area contributed by atoms with Crippen molar-refractivity contribution in [3.05, 3.63) is 82.1 Å². The van der Waals surface area contributed by atoms with Gasteiger partial charge in [0.1, 0.15) is 5.69 Å². The highest BCUT2D eigenvalue weighted by atomic mass is 35.5. The fraction of sp³-hybridized carbons (Fsp3) is 0.160. The number of aryl methyl sites for hydroxylation is 2. The van der Waals surface area contributed by atoms with Crippen LogP contribution in [0.25, 0.3) is 11.3 Å². The molecule has 0 spiro atoms. The number of amides is 1. The van der Waals surface area contributed by atoms with E-state index in [1.54, 1.807) is 55.5 Å². The van der Waals surface area contributed by atoms with Gasteiger partial charge in [-0.3, -0.25) is 10.1 Å². The van der Waals surface area contributed by atoms with Gasteiger partial charge in [0.2, 0.25) is 11.8 Å². The lowest BCUT2D eigenvalue weighted by atomic mass is 10.1. The molecule has 0 saturated carbocycles. The van der Waals surface area contributed by atoms with Crippen molar-refractivity contribution in [2.24, 2.45) is 0 Å². The Balaban J connectivity index is 1.55. The van der Waals surface area contributed by atoms with Crippen molar-refractivity contribution in [1.82, 2.24) is 15.1 Å². The molecule has 1 amide bonds. The summed E-state index contributed by atoms with van der Waals surface area (Å²) >= 11 is 5.96. The van der Waals surface area contributed by atoms with Crippen LogP contribution in [0.1, 0.15) is 39.0 Å². The monoisotopic (exact) mass is 491 g/mol. The van der Waals surface area contributed by atoms with Crippen molar-refractivity contribution in [3.8, 4) is 11.3 Å². The summed E-state index contributed by atoms with van der Waals surface area (Å²) in [6.07, 6.45) is 0. The third-order valence-electron chi connectivity index (χ3n) is 4.90. The maximum Gasteiger partial charge on any atom is 0.346 e. The molecule has 2 aromatic heterocycles. The van der Waals surface area contributed by atoms with Crippen molar-refractivity contribution in [3.63, 3.8) is 0 Å². The van der Waals surface area contributed by atoms with Gasteiger partial charge in [0.15, 0.2) is 5.56 Å². The van der Waals surface area contributed by atoms with Gasteiger partial charge in [-0.1, -0.05) is 28.9 Å². The summed E-state index contributed by atoms with van der Waals surface area (Å²) in [5.41, 5.74) is 3.60. The molecule has 0 saturated heterocycles. The van der Waals surface area contributed by atoms with Gasteiger partial charge in [0, 0.05) is 33.2 Å². The van der Waals surface area contributed by atoms with Gasteiger partial charge < -0.3 is 14.6 Å². The third kappa shape index (κ3) is 5.64.